The number of halogens is 1. The first-order chi connectivity index (χ1) is 4.33. The Morgan fingerprint density at radius 2 is 1.78 bits per heavy atom. The van der Waals surface area contributed by atoms with Gasteiger partial charge in [-0.25, -0.2) is 0 Å². The molecular weight excluding hydrogens is 198 g/mol. The van der Waals surface area contributed by atoms with Crippen LogP contribution < -0.4 is 0 Å². The van der Waals surface area contributed by atoms with Crippen LogP contribution in [0.5, 0.6) is 0 Å². The van der Waals surface area contributed by atoms with Crippen LogP contribution in [0, 0.1) is 0 Å². The Labute approximate surface area is 67.8 Å². The maximum absolute atomic E-state index is 3.37. The van der Waals surface area contributed by atoms with Crippen molar-refractivity contribution >= 4 is 27.7 Å². The second-order valence-electron chi connectivity index (χ2n) is 1.66. The molecule has 48 valence electrons. The molecule has 9 heavy (non-hydrogen) atoms. The summed E-state index contributed by atoms with van der Waals surface area (Å²) in [5.41, 5.74) is 0. The van der Waals surface area contributed by atoms with E-state index in [1.165, 1.54) is 4.90 Å². The van der Waals surface area contributed by atoms with Crippen molar-refractivity contribution in [1.29, 1.82) is 0 Å². The van der Waals surface area contributed by atoms with Gasteiger partial charge in [-0.1, -0.05) is 15.9 Å². The molecule has 0 saturated carbocycles. The molecule has 0 bridgehead atoms. The van der Waals surface area contributed by atoms with Gasteiger partial charge in [-0.15, -0.1) is 11.8 Å². The van der Waals surface area contributed by atoms with E-state index in [9.17, 15) is 0 Å². The second-order valence-corrected chi connectivity index (χ2v) is 3.45. The molecule has 0 aliphatic heterocycles. The van der Waals surface area contributed by atoms with Crippen molar-refractivity contribution < 1.29 is 0 Å². The van der Waals surface area contributed by atoms with Crippen molar-refractivity contribution in [3.8, 4) is 0 Å². The van der Waals surface area contributed by atoms with E-state index in [1.54, 1.807) is 11.8 Å². The van der Waals surface area contributed by atoms with E-state index in [1.807, 2.05) is 12.1 Å². The summed E-state index contributed by atoms with van der Waals surface area (Å²) in [6, 6.07) is 8.28. The number of hydrogen-bond donors (Lipinski definition) is 0. The van der Waals surface area contributed by atoms with Gasteiger partial charge in [0.15, 0.2) is 0 Å². The summed E-state index contributed by atoms with van der Waals surface area (Å²) < 4.78 is 1.14. The van der Waals surface area contributed by atoms with Gasteiger partial charge in [0, 0.05) is 9.37 Å². The first-order valence-corrected chi connectivity index (χ1v) is 4.64. The van der Waals surface area contributed by atoms with Gasteiger partial charge >= 0.3 is 0 Å². The third-order valence-electron chi connectivity index (χ3n) is 1.05. The molecule has 0 aliphatic rings. The topological polar surface area (TPSA) is 0 Å². The maximum Gasteiger partial charge on any atom is 0.0176 e. The molecule has 0 heterocycles. The van der Waals surface area contributed by atoms with Crippen LogP contribution >= 0.6 is 27.7 Å². The molecule has 0 amide bonds. The predicted octanol–water partition coefficient (Wildman–Crippen LogP) is 3.17. The molecule has 2 heteroatoms. The van der Waals surface area contributed by atoms with Gasteiger partial charge in [0.05, 0.1) is 0 Å². The summed E-state index contributed by atoms with van der Waals surface area (Å²) in [4.78, 5) is 1.30. The smallest absolute Gasteiger partial charge is 0.0176 e. The quantitative estimate of drug-likeness (QED) is 0.634. The van der Waals surface area contributed by atoms with Crippen LogP contribution in [0.2, 0.25) is 0 Å². The molecule has 0 N–H and O–H groups in total. The molecule has 1 rings (SSSR count). The van der Waals surface area contributed by atoms with E-state index >= 15 is 0 Å². The third-order valence-corrected chi connectivity index (χ3v) is 2.32. The highest BCUT2D eigenvalue weighted by Gasteiger charge is 1.86. The highest BCUT2D eigenvalue weighted by molar-refractivity contribution is 9.10. The van der Waals surface area contributed by atoms with E-state index < -0.39 is 0 Å². The lowest BCUT2D eigenvalue weighted by Crippen LogP contribution is -1.66. The minimum Gasteiger partial charge on any atom is -0.130 e. The molecule has 0 nitrogen and oxygen atoms in total. The van der Waals surface area contributed by atoms with Gasteiger partial charge in [-0.05, 0) is 30.5 Å². The Kier molecular flexibility index (Phi) is 2.61. The summed E-state index contributed by atoms with van der Waals surface area (Å²) in [6.07, 6.45) is 2.07. The highest BCUT2D eigenvalue weighted by Crippen LogP contribution is 2.17. The first-order valence-electron chi connectivity index (χ1n) is 2.62. The average molecular weight is 205 g/mol. The zero-order valence-electron chi connectivity index (χ0n) is 5.10. The normalized spacial score (nSPS) is 9.56. The van der Waals surface area contributed by atoms with Crippen molar-refractivity contribution in [1.82, 2.24) is 0 Å². The summed E-state index contributed by atoms with van der Waals surface area (Å²) in [6.45, 7) is 0. The van der Waals surface area contributed by atoms with Crippen molar-refractivity contribution in [2.75, 3.05) is 6.26 Å². The monoisotopic (exact) mass is 204 g/mol. The fourth-order valence-corrected chi connectivity index (χ4v) is 1.24. The number of hydrogen-bond acceptors (Lipinski definition) is 1. The van der Waals surface area contributed by atoms with Crippen molar-refractivity contribution in [3.05, 3.63) is 28.7 Å². The number of thioether (sulfide) groups is 1. The van der Waals surface area contributed by atoms with E-state index in [2.05, 4.69) is 34.3 Å². The van der Waals surface area contributed by atoms with Gasteiger partial charge in [-0.3, -0.25) is 0 Å². The molecule has 0 spiro atoms. The summed E-state index contributed by atoms with van der Waals surface area (Å²) in [5.74, 6) is 0. The van der Waals surface area contributed by atoms with Crippen LogP contribution in [0.3, 0.4) is 0 Å². The van der Waals surface area contributed by atoms with Gasteiger partial charge in [-0.2, -0.15) is 0 Å². The molecule has 0 radical (unpaired) electrons. The molecule has 0 fully saturated rings. The van der Waals surface area contributed by atoms with E-state index in [0.717, 1.165) is 4.47 Å². The molecule has 1 aromatic rings. The average Bonchev–Trinajstić information content (AvgIpc) is 1.90. The Morgan fingerprint density at radius 3 is 2.22 bits per heavy atom. The largest absolute Gasteiger partial charge is 0.130 e. The van der Waals surface area contributed by atoms with Gasteiger partial charge in [0.2, 0.25) is 0 Å². The van der Waals surface area contributed by atoms with Gasteiger partial charge in [0.1, 0.15) is 0 Å². The van der Waals surface area contributed by atoms with Crippen LogP contribution in [0.25, 0.3) is 0 Å². The molecule has 0 atom stereocenters. The maximum atomic E-state index is 3.37. The molecule has 0 saturated heterocycles. The Morgan fingerprint density at radius 1 is 1.22 bits per heavy atom. The Bertz CT molecular complexity index is 181. The summed E-state index contributed by atoms with van der Waals surface area (Å²) >= 11 is 5.12. The molecule has 0 unspecified atom stereocenters. The van der Waals surface area contributed by atoms with E-state index in [4.69, 9.17) is 0 Å². The highest BCUT2D eigenvalue weighted by atomic mass is 79.9. The Hall–Kier alpha value is 0.0500. The van der Waals surface area contributed by atoms with Crippen LogP contribution in [0.4, 0.5) is 0 Å². The van der Waals surface area contributed by atoms with Crippen LogP contribution in [-0.2, 0) is 0 Å². The standard InChI is InChI=1S/C7H7BrS/c1-9-7-4-2-6(8)3-5-7/h2-5H,1H3/i1+2. The SMILES string of the molecule is [14CH3]Sc1ccc(Br)cc1. The van der Waals surface area contributed by atoms with Crippen LogP contribution in [-0.4, -0.2) is 6.26 Å². The lowest BCUT2D eigenvalue weighted by Gasteiger charge is -1.92. The Balaban J connectivity index is 2.88. The van der Waals surface area contributed by atoms with E-state index in [-0.39, 0.29) is 0 Å². The first kappa shape index (κ1) is 7.16. The molecule has 0 aliphatic carbocycles. The lowest BCUT2D eigenvalue weighted by molar-refractivity contribution is 1.45. The number of rotatable bonds is 1. The van der Waals surface area contributed by atoms with Crippen molar-refractivity contribution in [3.63, 3.8) is 0 Å². The fraction of sp³-hybridized carbons (Fsp3) is 0.143. The van der Waals surface area contributed by atoms with Gasteiger partial charge in [0.25, 0.3) is 0 Å². The summed E-state index contributed by atoms with van der Waals surface area (Å²) in [5, 5.41) is 0. The molecular formula is C7H7BrS. The number of benzene rings is 1. The fourth-order valence-electron chi connectivity index (χ4n) is 0.571. The van der Waals surface area contributed by atoms with Crippen molar-refractivity contribution in [2.45, 2.75) is 4.90 Å². The molecule has 0 aromatic heterocycles. The van der Waals surface area contributed by atoms with Gasteiger partial charge < -0.3 is 0 Å². The van der Waals surface area contributed by atoms with Crippen molar-refractivity contribution in [2.24, 2.45) is 0 Å². The minimum absolute atomic E-state index is 1.14. The lowest BCUT2D eigenvalue weighted by atomic mass is 10.4. The minimum atomic E-state index is 1.14. The summed E-state index contributed by atoms with van der Waals surface area (Å²) in [7, 11) is 0. The van der Waals surface area contributed by atoms with Crippen LogP contribution in [0.15, 0.2) is 33.6 Å². The van der Waals surface area contributed by atoms with E-state index in [0.29, 0.717) is 0 Å². The van der Waals surface area contributed by atoms with Crippen LogP contribution in [0.1, 0.15) is 0 Å². The third kappa shape index (κ3) is 2.03. The zero-order valence-corrected chi connectivity index (χ0v) is 7.50. The predicted molar refractivity (Wildman–Crippen MR) is 45.9 cm³/mol. The second kappa shape index (κ2) is 3.28. The molecule has 1 aromatic carbocycles. The zero-order chi connectivity index (χ0) is 6.69.